The summed E-state index contributed by atoms with van der Waals surface area (Å²) < 4.78 is 10.9. The van der Waals surface area contributed by atoms with Gasteiger partial charge in [-0.25, -0.2) is 9.97 Å². The molecule has 0 saturated carbocycles. The number of nitrogens with zero attached hydrogens (tertiary/aromatic N) is 4. The van der Waals surface area contributed by atoms with Crippen molar-refractivity contribution in [2.75, 3.05) is 13.1 Å². The van der Waals surface area contributed by atoms with Crippen molar-refractivity contribution in [3.63, 3.8) is 0 Å². The summed E-state index contributed by atoms with van der Waals surface area (Å²) in [6, 6.07) is 1.75. The minimum absolute atomic E-state index is 0.125. The monoisotopic (exact) mass is 261 g/mol. The van der Waals surface area contributed by atoms with E-state index in [2.05, 4.69) is 32.3 Å². The van der Waals surface area contributed by atoms with Crippen molar-refractivity contribution >= 4 is 0 Å². The Hall–Kier alpha value is -1.86. The molecule has 0 aliphatic carbocycles. The molecule has 3 heterocycles. The predicted octanol–water partition coefficient (Wildman–Crippen LogP) is 0.714. The smallest absolute Gasteiger partial charge is 0.253 e. The summed E-state index contributed by atoms with van der Waals surface area (Å²) in [6.07, 6.45) is 1.67. The van der Waals surface area contributed by atoms with Gasteiger partial charge in [-0.05, 0) is 19.9 Å². The van der Waals surface area contributed by atoms with E-state index in [0.29, 0.717) is 29.8 Å². The van der Waals surface area contributed by atoms with Crippen LogP contribution in [0.3, 0.4) is 0 Å². The number of aryl methyl sites for hydroxylation is 1. The normalized spacial score (nSPS) is 17.2. The molecule has 1 fully saturated rings. The molecule has 3 rings (SSSR count). The van der Waals surface area contributed by atoms with E-state index in [9.17, 15) is 0 Å². The second kappa shape index (κ2) is 4.67. The lowest BCUT2D eigenvalue weighted by Crippen LogP contribution is -2.58. The molecule has 0 amide bonds. The van der Waals surface area contributed by atoms with E-state index < -0.39 is 0 Å². The van der Waals surface area contributed by atoms with Crippen LogP contribution >= 0.6 is 0 Å². The Kier molecular flexibility index (Phi) is 3.00. The Bertz CT molecular complexity index is 579. The van der Waals surface area contributed by atoms with Crippen molar-refractivity contribution in [3.8, 4) is 11.5 Å². The van der Waals surface area contributed by atoms with Gasteiger partial charge in [0.1, 0.15) is 18.1 Å². The highest BCUT2D eigenvalue weighted by molar-refractivity contribution is 5.46. The van der Waals surface area contributed by atoms with Gasteiger partial charge >= 0.3 is 0 Å². The van der Waals surface area contributed by atoms with Crippen LogP contribution in [0.15, 0.2) is 16.8 Å². The van der Waals surface area contributed by atoms with Crippen LogP contribution in [0.5, 0.6) is 0 Å². The summed E-state index contributed by atoms with van der Waals surface area (Å²) in [4.78, 5) is 12.5. The van der Waals surface area contributed by atoms with Gasteiger partial charge in [0, 0.05) is 19.3 Å². The van der Waals surface area contributed by atoms with E-state index in [1.165, 1.54) is 0 Å². The Morgan fingerprint density at radius 3 is 2.95 bits per heavy atom. The maximum atomic E-state index is 5.73. The topological polar surface area (TPSA) is 86.0 Å². The molecule has 0 radical (unpaired) electrons. The first-order valence-electron chi connectivity index (χ1n) is 6.12. The summed E-state index contributed by atoms with van der Waals surface area (Å²) in [7, 11) is 0. The molecule has 1 N–H and O–H groups in total. The second-order valence-electron chi connectivity index (χ2n) is 4.84. The molecule has 0 spiro atoms. The molecule has 2 aromatic heterocycles. The zero-order chi connectivity index (χ0) is 13.3. The lowest BCUT2D eigenvalue weighted by molar-refractivity contribution is -0.0841. The van der Waals surface area contributed by atoms with Gasteiger partial charge in [-0.3, -0.25) is 0 Å². The Morgan fingerprint density at radius 2 is 2.26 bits per heavy atom. The van der Waals surface area contributed by atoms with E-state index >= 15 is 0 Å². The molecule has 19 heavy (non-hydrogen) atoms. The lowest BCUT2D eigenvalue weighted by atomic mass is 10.0. The highest BCUT2D eigenvalue weighted by Gasteiger charge is 2.33. The first-order chi connectivity index (χ1) is 9.15. The molecule has 0 aromatic carbocycles. The molecule has 7 heteroatoms. The van der Waals surface area contributed by atoms with Crippen LogP contribution in [0.2, 0.25) is 0 Å². The maximum Gasteiger partial charge on any atom is 0.253 e. The molecule has 1 aliphatic rings. The number of rotatable bonds is 4. The molecule has 100 valence electrons. The third kappa shape index (κ3) is 2.61. The number of hydrogen-bond donors (Lipinski definition) is 1. The van der Waals surface area contributed by atoms with Gasteiger partial charge in [0.25, 0.3) is 5.89 Å². The van der Waals surface area contributed by atoms with E-state index in [1.54, 1.807) is 12.3 Å². The van der Waals surface area contributed by atoms with E-state index in [-0.39, 0.29) is 5.60 Å². The van der Waals surface area contributed by atoms with Crippen molar-refractivity contribution in [2.24, 2.45) is 0 Å². The van der Waals surface area contributed by atoms with Crippen LogP contribution in [-0.2, 0) is 11.3 Å². The van der Waals surface area contributed by atoms with E-state index in [4.69, 9.17) is 9.26 Å². The molecule has 1 saturated heterocycles. The minimum atomic E-state index is -0.125. The molecule has 1 aliphatic heterocycles. The van der Waals surface area contributed by atoms with Crippen LogP contribution in [0.4, 0.5) is 0 Å². The Balaban J connectivity index is 1.69. The first-order valence-corrected chi connectivity index (χ1v) is 6.12. The zero-order valence-corrected chi connectivity index (χ0v) is 10.9. The van der Waals surface area contributed by atoms with Crippen LogP contribution in [-0.4, -0.2) is 38.8 Å². The Labute approximate surface area is 110 Å². The van der Waals surface area contributed by atoms with Crippen molar-refractivity contribution < 1.29 is 9.26 Å². The van der Waals surface area contributed by atoms with Crippen molar-refractivity contribution in [1.82, 2.24) is 25.4 Å². The van der Waals surface area contributed by atoms with Crippen LogP contribution in [0.1, 0.15) is 18.6 Å². The van der Waals surface area contributed by atoms with Crippen LogP contribution in [0, 0.1) is 6.92 Å². The number of aromatic nitrogens is 4. The van der Waals surface area contributed by atoms with E-state index in [1.807, 2.05) is 6.92 Å². The Morgan fingerprint density at radius 1 is 1.42 bits per heavy atom. The number of ether oxygens (including phenoxy) is 1. The van der Waals surface area contributed by atoms with Crippen LogP contribution < -0.4 is 5.32 Å². The van der Waals surface area contributed by atoms with Gasteiger partial charge in [-0.2, -0.15) is 4.98 Å². The molecule has 2 aromatic rings. The average Bonchev–Trinajstić information content (AvgIpc) is 2.83. The molecule has 0 atom stereocenters. The van der Waals surface area contributed by atoms with Gasteiger partial charge < -0.3 is 14.6 Å². The molecule has 0 unspecified atom stereocenters. The van der Waals surface area contributed by atoms with Gasteiger partial charge in [-0.15, -0.1) is 0 Å². The minimum Gasteiger partial charge on any atom is -0.363 e. The van der Waals surface area contributed by atoms with Crippen molar-refractivity contribution in [2.45, 2.75) is 26.1 Å². The lowest BCUT2D eigenvalue weighted by Gasteiger charge is -2.38. The third-order valence-corrected chi connectivity index (χ3v) is 3.02. The quantitative estimate of drug-likeness (QED) is 0.867. The standard InChI is InChI=1S/C12H15N5O2/c1-8-14-4-3-9(15-8)11-16-10(19-17-11)5-18-12(2)6-13-7-12/h3-4,13H,5-7H2,1-2H3. The average molecular weight is 261 g/mol. The van der Waals surface area contributed by atoms with Gasteiger partial charge in [-0.1, -0.05) is 5.16 Å². The highest BCUT2D eigenvalue weighted by atomic mass is 16.5. The number of nitrogens with one attached hydrogen (secondary N) is 1. The van der Waals surface area contributed by atoms with Crippen molar-refractivity contribution in [1.29, 1.82) is 0 Å². The molecule has 7 nitrogen and oxygen atoms in total. The molecular formula is C12H15N5O2. The number of hydrogen-bond acceptors (Lipinski definition) is 7. The summed E-state index contributed by atoms with van der Waals surface area (Å²) in [5.74, 6) is 1.59. The van der Waals surface area contributed by atoms with Gasteiger partial charge in [0.2, 0.25) is 5.82 Å². The summed E-state index contributed by atoms with van der Waals surface area (Å²) >= 11 is 0. The zero-order valence-electron chi connectivity index (χ0n) is 10.9. The van der Waals surface area contributed by atoms with Gasteiger partial charge in [0.05, 0.1) is 5.60 Å². The molecule has 0 bridgehead atoms. The SMILES string of the molecule is Cc1nccc(-c2noc(COC3(C)CNC3)n2)n1. The fraction of sp³-hybridized carbons (Fsp3) is 0.500. The largest absolute Gasteiger partial charge is 0.363 e. The summed E-state index contributed by atoms with van der Waals surface area (Å²) in [5.41, 5.74) is 0.527. The first kappa shape index (κ1) is 12.2. The third-order valence-electron chi connectivity index (χ3n) is 3.02. The second-order valence-corrected chi connectivity index (χ2v) is 4.84. The highest BCUT2D eigenvalue weighted by Crippen LogP contribution is 2.18. The molecular weight excluding hydrogens is 246 g/mol. The van der Waals surface area contributed by atoms with Crippen LogP contribution in [0.25, 0.3) is 11.5 Å². The fourth-order valence-electron chi connectivity index (χ4n) is 1.81. The summed E-state index contributed by atoms with van der Waals surface area (Å²) in [6.45, 7) is 5.88. The van der Waals surface area contributed by atoms with E-state index in [0.717, 1.165) is 13.1 Å². The predicted molar refractivity (Wildman–Crippen MR) is 66.1 cm³/mol. The maximum absolute atomic E-state index is 5.73. The summed E-state index contributed by atoms with van der Waals surface area (Å²) in [5, 5.41) is 7.07. The van der Waals surface area contributed by atoms with Gasteiger partial charge in [0.15, 0.2) is 0 Å². The fourth-order valence-corrected chi connectivity index (χ4v) is 1.81. The van der Waals surface area contributed by atoms with Crippen molar-refractivity contribution in [3.05, 3.63) is 24.0 Å².